The van der Waals surface area contributed by atoms with Gasteiger partial charge in [0, 0.05) is 133 Å². The average molecular weight is 1960 g/mol. The van der Waals surface area contributed by atoms with E-state index in [9.17, 15) is 92.3 Å². The first-order chi connectivity index (χ1) is 69.9. The summed E-state index contributed by atoms with van der Waals surface area (Å²) in [7, 11) is 0. The molecule has 18 aromatic rings. The maximum atomic E-state index is 15.3. The number of fused-ring (bicyclic) bond motifs is 5. The topological polar surface area (TPSA) is 375 Å². The predicted octanol–water partition coefficient (Wildman–Crippen LogP) is 20.7. The van der Waals surface area contributed by atoms with Crippen molar-refractivity contribution >= 4 is 71.1 Å². The number of pyridine rings is 6. The van der Waals surface area contributed by atoms with Crippen LogP contribution in [0.2, 0.25) is 0 Å². The molecule has 0 bridgehead atoms. The number of nitrogens with two attached hydrogens (primary N) is 2. The molecule has 1 atom stereocenters. The number of phenols is 5. The lowest BCUT2D eigenvalue weighted by atomic mass is 9.96. The first-order valence-electron chi connectivity index (χ1n) is 48.1. The molecule has 1 unspecified atom stereocenters. The van der Waals surface area contributed by atoms with Gasteiger partial charge in [0.25, 0.3) is 33.4 Å². The number of benzene rings is 12. The Morgan fingerprint density at radius 3 is 0.993 bits per heavy atom. The SMILES string of the molecule is CC1COc2c(-c3ccc(O)cc3)c(F)cc3c(CO)cc(=O)n1c23.CCc1cc(=O)n(C2CC2)c2cc(-c3ccc(O)cc3)c(F)cc12.Cc1cc2c(CO)cc(=O)n(C3CC3)c2cc1-c1ccc(O)cc1.NCc1cc(=O)n(C2CC2)c2cc(-c3ccc(O)cc3)c(F)cc12.Nc1ccc(-c2cc3c(cc2F)c(CO)cc(=O)n3C2CC2)cc1.O=c1cc(CO)c2ccc(-c3ccc(O)cc3)c(F)c2n1C1CC1. The monoisotopic (exact) mass is 1960 g/mol. The number of hydrogen-bond donors (Lipinski definition) is 11. The number of ether oxygens (including phenoxy) is 1. The van der Waals surface area contributed by atoms with Gasteiger partial charge in [0.1, 0.15) is 58.6 Å². The van der Waals surface area contributed by atoms with E-state index >= 15 is 4.39 Å². The second-order valence-electron chi connectivity index (χ2n) is 37.6. The van der Waals surface area contributed by atoms with Crippen molar-refractivity contribution in [1.29, 1.82) is 0 Å². The molecule has 7 heterocycles. The number of aliphatic hydroxyl groups excluding tert-OH is 4. The summed E-state index contributed by atoms with van der Waals surface area (Å²) in [6.45, 7) is 5.17. The molecule has 29 heteroatoms. The van der Waals surface area contributed by atoms with Crippen LogP contribution in [-0.2, 0) is 39.4 Å². The summed E-state index contributed by atoms with van der Waals surface area (Å²) >= 11 is 0. The van der Waals surface area contributed by atoms with Crippen LogP contribution < -0.4 is 49.6 Å². The molecule has 6 aromatic heterocycles. The second kappa shape index (κ2) is 40.4. The van der Waals surface area contributed by atoms with Crippen LogP contribution in [0.5, 0.6) is 34.5 Å². The van der Waals surface area contributed by atoms with E-state index in [1.54, 1.807) is 146 Å². The molecule has 6 aliphatic rings. The van der Waals surface area contributed by atoms with E-state index in [1.807, 2.05) is 49.6 Å². The number of rotatable bonds is 17. The fourth-order valence-electron chi connectivity index (χ4n) is 19.5. The zero-order valence-electron chi connectivity index (χ0n) is 79.3. The van der Waals surface area contributed by atoms with Gasteiger partial charge < -0.3 is 85.0 Å². The second-order valence-corrected chi connectivity index (χ2v) is 37.6. The third-order valence-electron chi connectivity index (χ3n) is 27.6. The standard InChI is InChI=1S/C20H18FNO2.C20H19NO3.2C19H17FN2O2.C19H16FNO4.C19H16FNO3/c1-2-12-9-20(24)22(14-5-6-14)19-11-16(18(21)10-17(12)19)13-3-7-15(23)8-4-13;1-12-8-18-14(11-22)9-20(24)21(15-4-5-15)19(18)10-17(12)13-2-6-16(23)7-3-13;20-17-8-16-12(10-21)7-19(24)22(13-3-4-13)18(16)9-15(17)11-1-5-14(23)6-2-11;20-17-8-16-12(10-23)7-19(24)22(14-5-6-14)18(16)9-15(17)11-1-3-13(21)4-2-11;1-10-9-25-19-17(11-2-4-13(23)5-3-11)15(20)7-14-12(8-22)6-16(24)21(10)18(14)19;20-18-15(11-1-5-14(23)6-2-11)7-8-16-12(10-22)9-17(24)21(19(16)18)13-3-4-13/h3-4,7-11,14,23H,2,5-6H2,1H3;2-3,6-10,15,22-23H,4-5,11H2,1H3;1-2,5-9,13,23H,3-4,10,21H2;1-4,7-9,14,23H,5-6,10,21H2;2-7,10,22-23H,8-9H2,1H3;1-2,5-9,13,22-23H,3-4,10H2. The molecule has 24 nitrogen and oxygen atoms in total. The summed E-state index contributed by atoms with van der Waals surface area (Å²) in [6, 6.07) is 67.1. The van der Waals surface area contributed by atoms with Crippen molar-refractivity contribution in [2.75, 3.05) is 12.3 Å². The first kappa shape index (κ1) is 97.8. The van der Waals surface area contributed by atoms with Crippen LogP contribution in [0.25, 0.3) is 132 Å². The lowest BCUT2D eigenvalue weighted by Gasteiger charge is -2.28. The highest BCUT2D eigenvalue weighted by molar-refractivity contribution is 5.97. The van der Waals surface area contributed by atoms with Gasteiger partial charge in [0.05, 0.1) is 71.1 Å². The van der Waals surface area contributed by atoms with Crippen molar-refractivity contribution in [3.05, 3.63) is 379 Å². The Balaban J connectivity index is 0.000000110. The van der Waals surface area contributed by atoms with Gasteiger partial charge in [0.2, 0.25) is 0 Å². The smallest absolute Gasteiger partial charge is 0.251 e. The number of aryl methyl sites for hydroxylation is 2. The van der Waals surface area contributed by atoms with Crippen LogP contribution >= 0.6 is 0 Å². The van der Waals surface area contributed by atoms with Crippen LogP contribution in [0.15, 0.2) is 277 Å². The van der Waals surface area contributed by atoms with Crippen LogP contribution in [0.3, 0.4) is 0 Å². The molecule has 5 saturated carbocycles. The van der Waals surface area contributed by atoms with Gasteiger partial charge in [-0.1, -0.05) is 91.9 Å². The van der Waals surface area contributed by atoms with E-state index in [1.165, 1.54) is 102 Å². The number of phenolic OH excluding ortho intramolecular Hbond substituents is 5. The van der Waals surface area contributed by atoms with Gasteiger partial charge >= 0.3 is 0 Å². The number of halogens is 5. The van der Waals surface area contributed by atoms with Crippen molar-refractivity contribution in [2.45, 2.75) is 161 Å². The van der Waals surface area contributed by atoms with Gasteiger partial charge in [-0.3, -0.25) is 33.3 Å². The molecule has 5 aliphatic carbocycles. The molecule has 1 aliphatic heterocycles. The number of nitrogens with zero attached hydrogens (tertiary/aromatic N) is 6. The van der Waals surface area contributed by atoms with E-state index < -0.39 is 11.6 Å². The maximum absolute atomic E-state index is 15.3. The number of aliphatic hydroxyl groups is 4. The highest BCUT2D eigenvalue weighted by atomic mass is 19.1. The Labute approximate surface area is 825 Å². The Morgan fingerprint density at radius 1 is 0.317 bits per heavy atom. The number of anilines is 1. The zero-order valence-corrected chi connectivity index (χ0v) is 79.3. The van der Waals surface area contributed by atoms with Crippen molar-refractivity contribution in [2.24, 2.45) is 5.73 Å². The quantitative estimate of drug-likeness (QED) is 0.0298. The minimum Gasteiger partial charge on any atom is -0.508 e. The van der Waals surface area contributed by atoms with Crippen LogP contribution in [0.1, 0.15) is 153 Å². The molecule has 5 fully saturated rings. The third-order valence-corrected chi connectivity index (χ3v) is 27.6. The number of nitrogen functional groups attached to an aromatic ring is 1. The highest BCUT2D eigenvalue weighted by Gasteiger charge is 2.35. The molecule has 0 amide bonds. The fraction of sp³-hybridized carbons (Fsp3) is 0.224. The molecule has 0 spiro atoms. The minimum absolute atomic E-state index is 0.00915. The van der Waals surface area contributed by atoms with E-state index in [-0.39, 0.29) is 172 Å². The van der Waals surface area contributed by atoms with Crippen molar-refractivity contribution in [1.82, 2.24) is 27.4 Å². The highest BCUT2D eigenvalue weighted by Crippen LogP contribution is 2.48. The van der Waals surface area contributed by atoms with E-state index in [2.05, 4.69) is 0 Å². The Morgan fingerprint density at radius 2 is 0.614 bits per heavy atom. The molecule has 12 aromatic carbocycles. The Kier molecular flexibility index (Phi) is 27.2. The molecule has 738 valence electrons. The Bertz CT molecular complexity index is 7780. The van der Waals surface area contributed by atoms with Gasteiger partial charge in [-0.05, 0) is 290 Å². The molecular formula is C116H103F5N8O16. The van der Waals surface area contributed by atoms with Crippen molar-refractivity contribution in [3.63, 3.8) is 0 Å². The Hall–Kier alpha value is -16.1. The average Bonchev–Trinajstić information content (AvgIpc) is 1.61. The zero-order chi connectivity index (χ0) is 102. The van der Waals surface area contributed by atoms with E-state index in [4.69, 9.17) is 16.2 Å². The maximum Gasteiger partial charge on any atom is 0.251 e. The summed E-state index contributed by atoms with van der Waals surface area (Å²) < 4.78 is 90.3. The van der Waals surface area contributed by atoms with Gasteiger partial charge in [-0.15, -0.1) is 0 Å². The number of aromatic hydroxyl groups is 5. The van der Waals surface area contributed by atoms with Crippen LogP contribution in [0, 0.1) is 36.0 Å². The lowest BCUT2D eigenvalue weighted by Crippen LogP contribution is -2.31. The number of aromatic nitrogens is 6. The third kappa shape index (κ3) is 19.7. The molecule has 0 radical (unpaired) electrons. The lowest BCUT2D eigenvalue weighted by molar-refractivity contribution is 0.244. The minimum atomic E-state index is -0.511. The van der Waals surface area contributed by atoms with Crippen LogP contribution in [-0.4, -0.2) is 80.0 Å². The van der Waals surface area contributed by atoms with E-state index in [0.29, 0.717) is 123 Å². The molecular weight excluding hydrogens is 1860 g/mol. The summed E-state index contributed by atoms with van der Waals surface area (Å²) in [5, 5.41) is 89.5. The van der Waals surface area contributed by atoms with Crippen LogP contribution in [0.4, 0.5) is 27.6 Å². The van der Waals surface area contributed by atoms with Crippen molar-refractivity contribution in [3.8, 4) is 101 Å². The summed E-state index contributed by atoms with van der Waals surface area (Å²) in [5.74, 6) is -1.09. The predicted molar refractivity (Wildman–Crippen MR) is 552 cm³/mol. The molecule has 145 heavy (non-hydrogen) atoms. The molecule has 13 N–H and O–H groups in total. The van der Waals surface area contributed by atoms with Gasteiger partial charge in [-0.25, -0.2) is 22.0 Å². The van der Waals surface area contributed by atoms with Gasteiger partial charge in [-0.2, -0.15) is 0 Å². The summed E-state index contributed by atoms with van der Waals surface area (Å²) in [6.07, 6.45) is 10.3. The van der Waals surface area contributed by atoms with Crippen molar-refractivity contribution < 1.29 is 72.6 Å². The number of hydrogen-bond acceptors (Lipinski definition) is 18. The fourth-order valence-corrected chi connectivity index (χ4v) is 19.5. The molecule has 24 rings (SSSR count). The van der Waals surface area contributed by atoms with Gasteiger partial charge in [0.15, 0.2) is 11.6 Å². The summed E-state index contributed by atoms with van der Waals surface area (Å²) in [4.78, 5) is 74.7. The largest absolute Gasteiger partial charge is 0.508 e. The summed E-state index contributed by atoms with van der Waals surface area (Å²) in [5.41, 5.74) is 26.7. The molecule has 0 saturated heterocycles. The normalized spacial score (nSPS) is 14.6. The first-order valence-corrected chi connectivity index (χ1v) is 48.1. The van der Waals surface area contributed by atoms with E-state index in [0.717, 1.165) is 114 Å².